The van der Waals surface area contributed by atoms with E-state index in [1.807, 2.05) is 0 Å². The first-order chi connectivity index (χ1) is 10.7. The highest BCUT2D eigenvalue weighted by molar-refractivity contribution is 5.89. The molecule has 2 rings (SSSR count). The normalized spacial score (nSPS) is 11.1. The second-order valence-electron chi connectivity index (χ2n) is 5.88. The Hall–Kier alpha value is -2.97. The molecule has 0 spiro atoms. The van der Waals surface area contributed by atoms with Crippen molar-refractivity contribution in [3.05, 3.63) is 34.6 Å². The lowest BCUT2D eigenvalue weighted by Gasteiger charge is -2.19. The Morgan fingerprint density at radius 3 is 2.61 bits per heavy atom. The van der Waals surface area contributed by atoms with Crippen LogP contribution in [0.5, 0.6) is 0 Å². The summed E-state index contributed by atoms with van der Waals surface area (Å²) in [6, 6.07) is 4.38. The SMILES string of the molecule is Cn1cnnc1-c1ccc(NC(=O)OC(C)(C)C)c([N+](=O)[O-])c1. The number of nitrogens with one attached hydrogen (secondary N) is 1. The predicted molar refractivity (Wildman–Crippen MR) is 83.0 cm³/mol. The number of carbonyl (C=O) groups excluding carboxylic acids is 1. The van der Waals surface area contributed by atoms with E-state index in [4.69, 9.17) is 4.74 Å². The van der Waals surface area contributed by atoms with Crippen molar-refractivity contribution in [1.82, 2.24) is 14.8 Å². The highest BCUT2D eigenvalue weighted by Gasteiger charge is 2.22. The molecule has 1 aromatic carbocycles. The quantitative estimate of drug-likeness (QED) is 0.687. The fourth-order valence-electron chi connectivity index (χ4n) is 1.89. The lowest BCUT2D eigenvalue weighted by atomic mass is 10.1. The van der Waals surface area contributed by atoms with E-state index in [1.54, 1.807) is 38.5 Å². The van der Waals surface area contributed by atoms with Gasteiger partial charge in [-0.05, 0) is 32.9 Å². The van der Waals surface area contributed by atoms with E-state index in [-0.39, 0.29) is 11.4 Å². The van der Waals surface area contributed by atoms with E-state index >= 15 is 0 Å². The highest BCUT2D eigenvalue weighted by atomic mass is 16.6. The van der Waals surface area contributed by atoms with Gasteiger partial charge in [-0.3, -0.25) is 15.4 Å². The van der Waals surface area contributed by atoms with Crippen LogP contribution < -0.4 is 5.32 Å². The molecule has 0 unspecified atom stereocenters. The van der Waals surface area contributed by atoms with Crippen molar-refractivity contribution >= 4 is 17.5 Å². The summed E-state index contributed by atoms with van der Waals surface area (Å²) in [4.78, 5) is 22.5. The molecule has 0 aliphatic carbocycles. The largest absolute Gasteiger partial charge is 0.444 e. The summed E-state index contributed by atoms with van der Waals surface area (Å²) in [7, 11) is 1.73. The third-order valence-corrected chi connectivity index (χ3v) is 2.80. The van der Waals surface area contributed by atoms with E-state index in [1.165, 1.54) is 18.5 Å². The topological polar surface area (TPSA) is 112 Å². The number of hydrogen-bond acceptors (Lipinski definition) is 6. The minimum Gasteiger partial charge on any atom is -0.444 e. The summed E-state index contributed by atoms with van der Waals surface area (Å²) in [6.07, 6.45) is 0.737. The van der Waals surface area contributed by atoms with E-state index in [0.717, 1.165) is 0 Å². The lowest BCUT2D eigenvalue weighted by Crippen LogP contribution is -2.27. The van der Waals surface area contributed by atoms with Crippen molar-refractivity contribution < 1.29 is 14.5 Å². The molecule has 9 heteroatoms. The van der Waals surface area contributed by atoms with Gasteiger partial charge >= 0.3 is 6.09 Å². The van der Waals surface area contributed by atoms with Gasteiger partial charge in [-0.15, -0.1) is 10.2 Å². The average molecular weight is 319 g/mol. The fourth-order valence-corrected chi connectivity index (χ4v) is 1.89. The van der Waals surface area contributed by atoms with E-state index in [2.05, 4.69) is 15.5 Å². The van der Waals surface area contributed by atoms with Crippen molar-refractivity contribution in [3.8, 4) is 11.4 Å². The molecule has 0 aliphatic heterocycles. The Kier molecular flexibility index (Phi) is 4.30. The molecule has 1 N–H and O–H groups in total. The molecule has 1 heterocycles. The average Bonchev–Trinajstić information content (AvgIpc) is 2.83. The number of anilines is 1. The maximum Gasteiger partial charge on any atom is 0.412 e. The van der Waals surface area contributed by atoms with Gasteiger partial charge in [0, 0.05) is 18.7 Å². The molecule has 0 atom stereocenters. The first kappa shape index (κ1) is 16.4. The summed E-state index contributed by atoms with van der Waals surface area (Å²) in [6.45, 7) is 5.12. The molecule has 0 saturated carbocycles. The van der Waals surface area contributed by atoms with Gasteiger partial charge in [0.1, 0.15) is 17.6 Å². The molecule has 1 amide bonds. The summed E-state index contributed by atoms with van der Waals surface area (Å²) in [5.41, 5.74) is -0.379. The highest BCUT2D eigenvalue weighted by Crippen LogP contribution is 2.30. The van der Waals surface area contributed by atoms with Crippen molar-refractivity contribution in [2.75, 3.05) is 5.32 Å². The number of hydrogen-bond donors (Lipinski definition) is 1. The lowest BCUT2D eigenvalue weighted by molar-refractivity contribution is -0.383. The van der Waals surface area contributed by atoms with Crippen molar-refractivity contribution in [2.24, 2.45) is 7.05 Å². The summed E-state index contributed by atoms with van der Waals surface area (Å²) < 4.78 is 6.74. The third kappa shape index (κ3) is 4.02. The second kappa shape index (κ2) is 6.03. The number of carbonyl (C=O) groups is 1. The molecular weight excluding hydrogens is 302 g/mol. The van der Waals surface area contributed by atoms with Gasteiger partial charge < -0.3 is 9.30 Å². The summed E-state index contributed by atoms with van der Waals surface area (Å²) in [5, 5.41) is 21.3. The zero-order chi connectivity index (χ0) is 17.2. The first-order valence-corrected chi connectivity index (χ1v) is 6.80. The van der Waals surface area contributed by atoms with Crippen LogP contribution in [0.2, 0.25) is 0 Å². The third-order valence-electron chi connectivity index (χ3n) is 2.80. The van der Waals surface area contributed by atoms with Crippen LogP contribution >= 0.6 is 0 Å². The van der Waals surface area contributed by atoms with Crippen LogP contribution in [0.25, 0.3) is 11.4 Å². The molecule has 0 bridgehead atoms. The van der Waals surface area contributed by atoms with Crippen molar-refractivity contribution in [1.29, 1.82) is 0 Å². The van der Waals surface area contributed by atoms with E-state index in [0.29, 0.717) is 11.4 Å². The minimum atomic E-state index is -0.757. The zero-order valence-corrected chi connectivity index (χ0v) is 13.2. The van der Waals surface area contributed by atoms with Crippen molar-refractivity contribution in [3.63, 3.8) is 0 Å². The van der Waals surface area contributed by atoms with Crippen molar-refractivity contribution in [2.45, 2.75) is 26.4 Å². The molecule has 23 heavy (non-hydrogen) atoms. The van der Waals surface area contributed by atoms with Crippen LogP contribution in [0.15, 0.2) is 24.5 Å². The molecule has 2 aromatic rings. The number of amides is 1. The Morgan fingerprint density at radius 2 is 2.09 bits per heavy atom. The molecule has 122 valence electrons. The Morgan fingerprint density at radius 1 is 1.39 bits per heavy atom. The van der Waals surface area contributed by atoms with Crippen LogP contribution in [0, 0.1) is 10.1 Å². The van der Waals surface area contributed by atoms with Gasteiger partial charge in [-0.1, -0.05) is 0 Å². The number of benzene rings is 1. The van der Waals surface area contributed by atoms with Gasteiger partial charge in [0.2, 0.25) is 0 Å². The molecule has 1 aromatic heterocycles. The van der Waals surface area contributed by atoms with E-state index in [9.17, 15) is 14.9 Å². The van der Waals surface area contributed by atoms with Gasteiger partial charge in [0.25, 0.3) is 5.69 Å². The maximum atomic E-state index is 11.8. The van der Waals surface area contributed by atoms with Gasteiger partial charge in [-0.25, -0.2) is 4.79 Å². The number of nitro benzene ring substituents is 1. The van der Waals surface area contributed by atoms with E-state index < -0.39 is 16.6 Å². The van der Waals surface area contributed by atoms with Gasteiger partial charge in [0.15, 0.2) is 5.82 Å². The van der Waals surface area contributed by atoms with Crippen LogP contribution in [-0.4, -0.2) is 31.4 Å². The van der Waals surface area contributed by atoms with Crippen LogP contribution in [-0.2, 0) is 11.8 Å². The number of ether oxygens (including phenoxy) is 1. The summed E-state index contributed by atoms with van der Waals surface area (Å²) >= 11 is 0. The molecule has 0 aliphatic rings. The standard InChI is InChI=1S/C14H17N5O4/c1-14(2,3)23-13(20)16-10-6-5-9(7-11(10)19(21)22)12-17-15-8-18(12)4/h5-8H,1-4H3,(H,16,20). The molecule has 0 radical (unpaired) electrons. The Balaban J connectivity index is 2.33. The predicted octanol–water partition coefficient (Wildman–Crippen LogP) is 2.74. The molecule has 0 saturated heterocycles. The van der Waals surface area contributed by atoms with Gasteiger partial charge in [0.05, 0.1) is 4.92 Å². The molecule has 9 nitrogen and oxygen atoms in total. The van der Waals surface area contributed by atoms with Crippen LogP contribution in [0.4, 0.5) is 16.2 Å². The maximum absolute atomic E-state index is 11.8. The smallest absolute Gasteiger partial charge is 0.412 e. The van der Waals surface area contributed by atoms with Crippen LogP contribution in [0.3, 0.4) is 0 Å². The molecule has 0 fully saturated rings. The summed E-state index contributed by atoms with van der Waals surface area (Å²) in [5.74, 6) is 0.483. The monoisotopic (exact) mass is 319 g/mol. The Bertz CT molecular complexity index is 748. The Labute approximate surface area is 132 Å². The van der Waals surface area contributed by atoms with Gasteiger partial charge in [-0.2, -0.15) is 0 Å². The number of aromatic nitrogens is 3. The minimum absolute atomic E-state index is 0.0511. The number of nitrogens with zero attached hydrogens (tertiary/aromatic N) is 4. The first-order valence-electron chi connectivity index (χ1n) is 6.80. The zero-order valence-electron chi connectivity index (χ0n) is 13.2. The number of aryl methyl sites for hydroxylation is 1. The fraction of sp³-hybridized carbons (Fsp3) is 0.357. The number of rotatable bonds is 3. The number of nitro groups is 1. The van der Waals surface area contributed by atoms with Crippen LogP contribution in [0.1, 0.15) is 20.8 Å². The molecular formula is C14H17N5O4. The second-order valence-corrected chi connectivity index (χ2v) is 5.88.